The van der Waals surface area contributed by atoms with Gasteiger partial charge in [0.15, 0.2) is 5.76 Å². The number of pyridine rings is 1. The van der Waals surface area contributed by atoms with Crippen molar-refractivity contribution in [1.82, 2.24) is 19.2 Å². The molecule has 0 aliphatic carbocycles. The Balaban J connectivity index is 1.49. The van der Waals surface area contributed by atoms with Gasteiger partial charge in [-0.05, 0) is 43.2 Å². The monoisotopic (exact) mass is 546 g/mol. The topological polar surface area (TPSA) is 96.6 Å². The molecule has 1 aromatic carbocycles. The summed E-state index contributed by atoms with van der Waals surface area (Å²) >= 11 is 0. The number of aromatic nitrogens is 2. The minimum atomic E-state index is -0.728. The highest BCUT2D eigenvalue weighted by Crippen LogP contribution is 2.40. The van der Waals surface area contributed by atoms with Crippen molar-refractivity contribution in [3.8, 4) is 5.75 Å². The molecule has 2 aliphatic heterocycles. The number of hydrogen-bond donors (Lipinski definition) is 1. The van der Waals surface area contributed by atoms with Gasteiger partial charge in [-0.1, -0.05) is 44.4 Å². The molecule has 1 N–H and O–H groups in total. The molecule has 40 heavy (non-hydrogen) atoms. The average molecular weight is 547 g/mol. The molecule has 1 unspecified atom stereocenters. The van der Waals surface area contributed by atoms with Crippen molar-refractivity contribution in [1.29, 1.82) is 0 Å². The Morgan fingerprint density at radius 1 is 1.05 bits per heavy atom. The van der Waals surface area contributed by atoms with Gasteiger partial charge in [0.05, 0.1) is 37.1 Å². The molecule has 9 nitrogen and oxygen atoms in total. The Hall–Kier alpha value is -3.69. The number of rotatable bonds is 11. The van der Waals surface area contributed by atoms with Gasteiger partial charge >= 0.3 is 0 Å². The summed E-state index contributed by atoms with van der Waals surface area (Å²) in [6, 6.07) is 12.3. The van der Waals surface area contributed by atoms with Gasteiger partial charge in [-0.25, -0.2) is 4.98 Å². The van der Waals surface area contributed by atoms with E-state index in [1.807, 2.05) is 42.5 Å². The second kappa shape index (κ2) is 12.7. The van der Waals surface area contributed by atoms with Crippen molar-refractivity contribution in [2.24, 2.45) is 0 Å². The van der Waals surface area contributed by atoms with E-state index in [1.165, 1.54) is 12.8 Å². The minimum absolute atomic E-state index is 0.0777. The van der Waals surface area contributed by atoms with Crippen LogP contribution in [0.15, 0.2) is 54.2 Å². The molecule has 2 fully saturated rings. The standard InChI is InChI=1S/C31H38N4O5/c1-3-4-5-8-19-40-24-12-10-23(11-13-24)28-26(29(36)27-22(2)32-25-9-6-7-14-34(25)27)30(37)31(38)35(28)16-15-33-17-20-39-21-18-33/h6-7,9-14,28,36H,3-5,8,15-21H2,1-2H3. The molecular weight excluding hydrogens is 508 g/mol. The normalized spacial score (nSPS) is 19.6. The number of Topliss-reactive ketones (excluding diaryl/α,β-unsaturated/α-hetero) is 1. The summed E-state index contributed by atoms with van der Waals surface area (Å²) in [4.78, 5) is 35.3. The summed E-state index contributed by atoms with van der Waals surface area (Å²) in [5.41, 5.74) is 2.47. The van der Waals surface area contributed by atoms with Crippen LogP contribution in [0.2, 0.25) is 0 Å². The summed E-state index contributed by atoms with van der Waals surface area (Å²) in [6.45, 7) is 8.43. The first-order valence-corrected chi connectivity index (χ1v) is 14.2. The Labute approximate surface area is 235 Å². The molecule has 2 saturated heterocycles. The van der Waals surface area contributed by atoms with Crippen LogP contribution in [0.4, 0.5) is 0 Å². The third kappa shape index (κ3) is 5.76. The van der Waals surface area contributed by atoms with Crippen LogP contribution in [0.5, 0.6) is 5.75 Å². The summed E-state index contributed by atoms with van der Waals surface area (Å²) < 4.78 is 13.1. The number of imidazole rings is 1. The maximum absolute atomic E-state index is 13.5. The molecule has 9 heteroatoms. The van der Waals surface area contributed by atoms with E-state index in [9.17, 15) is 14.7 Å². The largest absolute Gasteiger partial charge is 0.505 e. The van der Waals surface area contributed by atoms with Gasteiger partial charge in [-0.2, -0.15) is 0 Å². The van der Waals surface area contributed by atoms with Crippen LogP contribution in [0.1, 0.15) is 55.6 Å². The van der Waals surface area contributed by atoms with Crippen molar-refractivity contribution in [2.45, 2.75) is 45.6 Å². The number of likely N-dealkylation sites (tertiary alicyclic amines) is 1. The predicted octanol–water partition coefficient (Wildman–Crippen LogP) is 4.36. The number of amides is 1. The van der Waals surface area contributed by atoms with E-state index in [0.29, 0.717) is 49.9 Å². The van der Waals surface area contributed by atoms with E-state index in [1.54, 1.807) is 22.4 Å². The Kier molecular flexibility index (Phi) is 8.81. The van der Waals surface area contributed by atoms with Crippen LogP contribution in [-0.4, -0.2) is 82.0 Å². The van der Waals surface area contributed by atoms with E-state index < -0.39 is 17.7 Å². The van der Waals surface area contributed by atoms with E-state index in [0.717, 1.165) is 37.2 Å². The van der Waals surface area contributed by atoms with Crippen molar-refractivity contribution >= 4 is 23.1 Å². The van der Waals surface area contributed by atoms with Crippen molar-refractivity contribution < 1.29 is 24.2 Å². The molecule has 1 amide bonds. The van der Waals surface area contributed by atoms with Gasteiger partial charge in [-0.15, -0.1) is 0 Å². The molecule has 4 heterocycles. The lowest BCUT2D eigenvalue weighted by atomic mass is 9.96. The zero-order valence-electron chi connectivity index (χ0n) is 23.3. The van der Waals surface area contributed by atoms with E-state index in [2.05, 4.69) is 16.8 Å². The maximum atomic E-state index is 13.5. The third-order valence-corrected chi connectivity index (χ3v) is 7.69. The number of ketones is 1. The zero-order valence-corrected chi connectivity index (χ0v) is 23.3. The summed E-state index contributed by atoms with van der Waals surface area (Å²) in [5, 5.41) is 11.7. The van der Waals surface area contributed by atoms with Gasteiger partial charge in [0.2, 0.25) is 0 Å². The molecule has 5 rings (SSSR count). The predicted molar refractivity (Wildman–Crippen MR) is 152 cm³/mol. The average Bonchev–Trinajstić information content (AvgIpc) is 3.44. The lowest BCUT2D eigenvalue weighted by Crippen LogP contribution is -2.42. The first-order valence-electron chi connectivity index (χ1n) is 14.2. The zero-order chi connectivity index (χ0) is 28.1. The molecule has 2 aliphatic rings. The molecular formula is C31H38N4O5. The molecule has 0 saturated carbocycles. The number of benzene rings is 1. The van der Waals surface area contributed by atoms with Crippen LogP contribution in [-0.2, 0) is 14.3 Å². The summed E-state index contributed by atoms with van der Waals surface area (Å²) in [5.74, 6) is -0.777. The van der Waals surface area contributed by atoms with Crippen molar-refractivity contribution in [3.63, 3.8) is 0 Å². The van der Waals surface area contributed by atoms with Crippen LogP contribution in [0, 0.1) is 6.92 Å². The van der Waals surface area contributed by atoms with Crippen LogP contribution >= 0.6 is 0 Å². The fourth-order valence-corrected chi connectivity index (χ4v) is 5.52. The lowest BCUT2D eigenvalue weighted by molar-refractivity contribution is -0.140. The van der Waals surface area contributed by atoms with Gasteiger partial charge in [0.1, 0.15) is 17.1 Å². The lowest BCUT2D eigenvalue weighted by Gasteiger charge is -2.31. The number of aliphatic hydroxyl groups excluding tert-OH is 1. The number of unbranched alkanes of at least 4 members (excludes halogenated alkanes) is 3. The highest BCUT2D eigenvalue weighted by Gasteiger charge is 2.46. The number of carbonyl (C=O) groups is 2. The number of hydrogen-bond acceptors (Lipinski definition) is 7. The smallest absolute Gasteiger partial charge is 0.295 e. The molecule has 212 valence electrons. The number of morpholine rings is 1. The minimum Gasteiger partial charge on any atom is -0.505 e. The first kappa shape index (κ1) is 27.9. The number of carbonyl (C=O) groups excluding carboxylic acids is 2. The highest BCUT2D eigenvalue weighted by atomic mass is 16.5. The van der Waals surface area contributed by atoms with Gasteiger partial charge in [-0.3, -0.25) is 18.9 Å². The number of nitrogens with zero attached hydrogens (tertiary/aromatic N) is 4. The van der Waals surface area contributed by atoms with Crippen LogP contribution in [0.3, 0.4) is 0 Å². The number of aryl methyl sites for hydroxylation is 1. The number of fused-ring (bicyclic) bond motifs is 1. The maximum Gasteiger partial charge on any atom is 0.295 e. The van der Waals surface area contributed by atoms with E-state index in [4.69, 9.17) is 9.47 Å². The van der Waals surface area contributed by atoms with Crippen molar-refractivity contribution in [2.75, 3.05) is 46.0 Å². The molecule has 0 radical (unpaired) electrons. The van der Waals surface area contributed by atoms with Gasteiger partial charge in [0.25, 0.3) is 11.7 Å². The second-order valence-corrected chi connectivity index (χ2v) is 10.4. The van der Waals surface area contributed by atoms with E-state index in [-0.39, 0.29) is 11.3 Å². The Morgan fingerprint density at radius 2 is 1.82 bits per heavy atom. The number of aliphatic hydroxyl groups is 1. The molecule has 2 aromatic heterocycles. The number of ether oxygens (including phenoxy) is 2. The fraction of sp³-hybridized carbons (Fsp3) is 0.452. The fourth-order valence-electron chi connectivity index (χ4n) is 5.52. The third-order valence-electron chi connectivity index (χ3n) is 7.69. The molecule has 0 spiro atoms. The van der Waals surface area contributed by atoms with Crippen LogP contribution < -0.4 is 4.74 Å². The molecule has 1 atom stereocenters. The highest BCUT2D eigenvalue weighted by molar-refractivity contribution is 6.46. The molecule has 3 aromatic rings. The molecule has 0 bridgehead atoms. The quantitative estimate of drug-likeness (QED) is 0.165. The second-order valence-electron chi connectivity index (χ2n) is 10.4. The first-order chi connectivity index (χ1) is 19.5. The summed E-state index contributed by atoms with van der Waals surface area (Å²) in [7, 11) is 0. The Morgan fingerprint density at radius 3 is 2.58 bits per heavy atom. The van der Waals surface area contributed by atoms with Gasteiger partial charge in [0, 0.05) is 32.4 Å². The summed E-state index contributed by atoms with van der Waals surface area (Å²) in [6.07, 6.45) is 6.29. The SMILES string of the molecule is CCCCCCOc1ccc(C2C(=C(O)c3c(C)nc4ccccn34)C(=O)C(=O)N2CCN2CCOCC2)cc1. The van der Waals surface area contributed by atoms with E-state index >= 15 is 0 Å². The van der Waals surface area contributed by atoms with Gasteiger partial charge < -0.3 is 19.5 Å². The van der Waals surface area contributed by atoms with Crippen LogP contribution in [0.25, 0.3) is 11.4 Å². The van der Waals surface area contributed by atoms with Crippen molar-refractivity contribution in [3.05, 3.63) is 71.2 Å². The Bertz CT molecular complexity index is 1370.